The Morgan fingerprint density at radius 1 is 1.15 bits per heavy atom. The molecule has 1 saturated heterocycles. The zero-order chi connectivity index (χ0) is 19.0. The van der Waals surface area contributed by atoms with Crippen LogP contribution in [0.2, 0.25) is 4.34 Å². The largest absolute Gasteiger partial charge is 0.355 e. The highest BCUT2D eigenvalue weighted by molar-refractivity contribution is 7.91. The van der Waals surface area contributed by atoms with Crippen LogP contribution in [0.5, 0.6) is 0 Å². The molecule has 3 heterocycles. The Hall–Kier alpha value is -1.42. The molecule has 7 nitrogen and oxygen atoms in total. The van der Waals surface area contributed by atoms with E-state index in [1.807, 2.05) is 0 Å². The van der Waals surface area contributed by atoms with E-state index in [0.29, 0.717) is 42.7 Å². The summed E-state index contributed by atoms with van der Waals surface area (Å²) in [5, 5.41) is 4.50. The average molecular weight is 429 g/mol. The number of hydrogen-bond acceptors (Lipinski definition) is 6. The molecule has 0 radical (unpaired) electrons. The van der Waals surface area contributed by atoms with Crippen LogP contribution in [0.25, 0.3) is 0 Å². The first-order valence-electron chi connectivity index (χ1n) is 9.01. The molecule has 2 aromatic heterocycles. The molecule has 0 spiro atoms. The van der Waals surface area contributed by atoms with Gasteiger partial charge in [-0.05, 0) is 49.8 Å². The second-order valence-corrected chi connectivity index (χ2v) is 10.8. The van der Waals surface area contributed by atoms with Crippen molar-refractivity contribution in [2.45, 2.75) is 42.5 Å². The van der Waals surface area contributed by atoms with E-state index in [0.717, 1.165) is 17.2 Å². The molecule has 10 heteroatoms. The van der Waals surface area contributed by atoms with Crippen molar-refractivity contribution in [3.63, 3.8) is 0 Å². The standard InChI is InChI=1S/C17H21ClN4O3S2/c18-14-3-6-17(26-14)27(24,25)20-13-7-9-21(10-8-13)15-4-5-16(23)22(19-15)11-12-1-2-12/h3-6,12-13,20H,1-2,7-11H2. The van der Waals surface area contributed by atoms with E-state index in [4.69, 9.17) is 11.6 Å². The third-order valence-electron chi connectivity index (χ3n) is 4.93. The SMILES string of the molecule is O=c1ccc(N2CCC(NS(=O)(=O)c3ccc(Cl)s3)CC2)nn1CC1CC1. The zero-order valence-electron chi connectivity index (χ0n) is 14.7. The zero-order valence-corrected chi connectivity index (χ0v) is 17.1. The third-order valence-corrected chi connectivity index (χ3v) is 8.18. The number of halogens is 1. The normalized spacial score (nSPS) is 18.8. The molecule has 0 amide bonds. The number of thiophene rings is 1. The van der Waals surface area contributed by atoms with Gasteiger partial charge in [-0.25, -0.2) is 17.8 Å². The first-order chi connectivity index (χ1) is 12.9. The lowest BCUT2D eigenvalue weighted by molar-refractivity contribution is 0.453. The lowest BCUT2D eigenvalue weighted by atomic mass is 10.1. The Morgan fingerprint density at radius 3 is 2.52 bits per heavy atom. The van der Waals surface area contributed by atoms with Crippen molar-refractivity contribution < 1.29 is 8.42 Å². The average Bonchev–Trinajstić information content (AvgIpc) is 3.34. The Balaban J connectivity index is 1.38. The molecule has 4 rings (SSSR count). The summed E-state index contributed by atoms with van der Waals surface area (Å²) < 4.78 is 29.9. The van der Waals surface area contributed by atoms with Gasteiger partial charge in [-0.15, -0.1) is 11.3 Å². The van der Waals surface area contributed by atoms with Crippen LogP contribution in [0.3, 0.4) is 0 Å². The van der Waals surface area contributed by atoms with Gasteiger partial charge in [-0.3, -0.25) is 4.79 Å². The molecule has 1 saturated carbocycles. The summed E-state index contributed by atoms with van der Waals surface area (Å²) in [6.45, 7) is 2.06. The van der Waals surface area contributed by atoms with Crippen LogP contribution in [-0.4, -0.2) is 37.3 Å². The predicted molar refractivity (Wildman–Crippen MR) is 106 cm³/mol. The number of nitrogens with zero attached hydrogens (tertiary/aromatic N) is 3. The molecular formula is C17H21ClN4O3S2. The summed E-state index contributed by atoms with van der Waals surface area (Å²) in [5.41, 5.74) is -0.0668. The van der Waals surface area contributed by atoms with Crippen LogP contribution < -0.4 is 15.2 Å². The van der Waals surface area contributed by atoms with Crippen LogP contribution in [0.1, 0.15) is 25.7 Å². The molecule has 1 aliphatic heterocycles. The van der Waals surface area contributed by atoms with E-state index < -0.39 is 10.0 Å². The highest BCUT2D eigenvalue weighted by atomic mass is 35.5. The second kappa shape index (κ2) is 7.54. The van der Waals surface area contributed by atoms with Gasteiger partial charge < -0.3 is 4.90 Å². The van der Waals surface area contributed by atoms with Crippen molar-refractivity contribution in [1.82, 2.24) is 14.5 Å². The third kappa shape index (κ3) is 4.53. The Labute approximate surface area is 167 Å². The molecule has 0 unspecified atom stereocenters. The maximum Gasteiger partial charge on any atom is 0.266 e. The Morgan fingerprint density at radius 2 is 1.89 bits per heavy atom. The summed E-state index contributed by atoms with van der Waals surface area (Å²) in [4.78, 5) is 14.1. The summed E-state index contributed by atoms with van der Waals surface area (Å²) in [6, 6.07) is 6.32. The monoisotopic (exact) mass is 428 g/mol. The maximum atomic E-state index is 12.4. The number of aromatic nitrogens is 2. The van der Waals surface area contributed by atoms with Gasteiger partial charge in [0.15, 0.2) is 0 Å². The van der Waals surface area contributed by atoms with Gasteiger partial charge >= 0.3 is 0 Å². The van der Waals surface area contributed by atoms with Crippen LogP contribution in [0, 0.1) is 5.92 Å². The minimum absolute atomic E-state index is 0.0668. The minimum Gasteiger partial charge on any atom is -0.355 e. The maximum absolute atomic E-state index is 12.4. The molecule has 2 fully saturated rings. The lowest BCUT2D eigenvalue weighted by Gasteiger charge is -2.32. The molecule has 146 valence electrons. The van der Waals surface area contributed by atoms with Gasteiger partial charge in [0.2, 0.25) is 10.0 Å². The van der Waals surface area contributed by atoms with Crippen molar-refractivity contribution in [1.29, 1.82) is 0 Å². The molecule has 0 bridgehead atoms. The van der Waals surface area contributed by atoms with Gasteiger partial charge in [0.05, 0.1) is 4.34 Å². The molecule has 2 aliphatic rings. The topological polar surface area (TPSA) is 84.3 Å². The quantitative estimate of drug-likeness (QED) is 0.763. The predicted octanol–water partition coefficient (Wildman–Crippen LogP) is 2.32. The summed E-state index contributed by atoms with van der Waals surface area (Å²) >= 11 is 6.90. The molecule has 0 aromatic carbocycles. The fraction of sp³-hybridized carbons (Fsp3) is 0.529. The number of piperidine rings is 1. The molecule has 0 atom stereocenters. The van der Waals surface area contributed by atoms with Gasteiger partial charge in [0, 0.05) is 31.7 Å². The van der Waals surface area contributed by atoms with Crippen LogP contribution in [0.4, 0.5) is 5.82 Å². The number of sulfonamides is 1. The van der Waals surface area contributed by atoms with Crippen molar-refractivity contribution in [2.24, 2.45) is 5.92 Å². The first kappa shape index (κ1) is 18.9. The van der Waals surface area contributed by atoms with Crippen LogP contribution >= 0.6 is 22.9 Å². The highest BCUT2D eigenvalue weighted by Crippen LogP contribution is 2.30. The fourth-order valence-corrected chi connectivity index (χ4v) is 6.03. The summed E-state index contributed by atoms with van der Waals surface area (Å²) in [7, 11) is -3.54. The first-order valence-corrected chi connectivity index (χ1v) is 11.7. The van der Waals surface area contributed by atoms with Gasteiger partial charge in [-0.1, -0.05) is 11.6 Å². The van der Waals surface area contributed by atoms with Gasteiger partial charge in [0.25, 0.3) is 5.56 Å². The lowest BCUT2D eigenvalue weighted by Crippen LogP contribution is -2.45. The summed E-state index contributed by atoms with van der Waals surface area (Å²) in [6.07, 6.45) is 3.70. The smallest absolute Gasteiger partial charge is 0.266 e. The molecule has 1 aliphatic carbocycles. The van der Waals surface area contributed by atoms with E-state index >= 15 is 0 Å². The minimum atomic E-state index is -3.54. The number of nitrogens with one attached hydrogen (secondary N) is 1. The van der Waals surface area contributed by atoms with Crippen LogP contribution in [0.15, 0.2) is 33.3 Å². The van der Waals surface area contributed by atoms with E-state index in [-0.39, 0.29) is 15.8 Å². The van der Waals surface area contributed by atoms with E-state index in [1.54, 1.807) is 22.9 Å². The van der Waals surface area contributed by atoms with Gasteiger partial charge in [-0.2, -0.15) is 5.10 Å². The molecule has 2 aromatic rings. The van der Waals surface area contributed by atoms with E-state index in [9.17, 15) is 13.2 Å². The van der Waals surface area contributed by atoms with Crippen molar-refractivity contribution >= 4 is 38.8 Å². The molecular weight excluding hydrogens is 408 g/mol. The Kier molecular flexibility index (Phi) is 5.28. The molecule has 1 N–H and O–H groups in total. The summed E-state index contributed by atoms with van der Waals surface area (Å²) in [5.74, 6) is 1.36. The Bertz CT molecular complexity index is 976. The molecule has 27 heavy (non-hydrogen) atoms. The van der Waals surface area contributed by atoms with E-state index in [1.165, 1.54) is 18.9 Å². The van der Waals surface area contributed by atoms with Crippen molar-refractivity contribution in [3.05, 3.63) is 39.0 Å². The fourth-order valence-electron chi connectivity index (χ4n) is 3.23. The van der Waals surface area contributed by atoms with Crippen molar-refractivity contribution in [3.8, 4) is 0 Å². The highest BCUT2D eigenvalue weighted by Gasteiger charge is 2.27. The number of anilines is 1. The van der Waals surface area contributed by atoms with Gasteiger partial charge in [0.1, 0.15) is 10.0 Å². The second-order valence-electron chi connectivity index (χ2n) is 7.10. The van der Waals surface area contributed by atoms with Crippen molar-refractivity contribution in [2.75, 3.05) is 18.0 Å². The van der Waals surface area contributed by atoms with Crippen LogP contribution in [-0.2, 0) is 16.6 Å². The number of hydrogen-bond donors (Lipinski definition) is 1. The number of rotatable bonds is 6. The van der Waals surface area contributed by atoms with E-state index in [2.05, 4.69) is 14.7 Å².